The number of benzene rings is 1. The maximum Gasteiger partial charge on any atom is 0.224 e. The normalized spacial score (nSPS) is 20.0. The number of carbonyl (C=O) groups excluding carboxylic acids is 1. The first-order valence-corrected chi connectivity index (χ1v) is 8.03. The van der Waals surface area contributed by atoms with Gasteiger partial charge in [-0.1, -0.05) is 44.2 Å². The number of nitrogens with zero attached hydrogens (tertiary/aromatic N) is 5. The van der Waals surface area contributed by atoms with Gasteiger partial charge in [0.2, 0.25) is 5.91 Å². The van der Waals surface area contributed by atoms with Crippen LogP contribution in [0.15, 0.2) is 30.3 Å². The first kappa shape index (κ1) is 15.6. The lowest BCUT2D eigenvalue weighted by Crippen LogP contribution is -2.31. The molecule has 6 nitrogen and oxygen atoms in total. The van der Waals surface area contributed by atoms with E-state index in [9.17, 15) is 4.79 Å². The second-order valence-corrected chi connectivity index (χ2v) is 6.93. The van der Waals surface area contributed by atoms with E-state index in [1.807, 2.05) is 17.9 Å². The predicted octanol–water partition coefficient (Wildman–Crippen LogP) is 2.02. The zero-order valence-electron chi connectivity index (χ0n) is 13.9. The molecule has 0 N–H and O–H groups in total. The van der Waals surface area contributed by atoms with Crippen LogP contribution in [0.1, 0.15) is 37.6 Å². The lowest BCUT2D eigenvalue weighted by atomic mass is 9.78. The van der Waals surface area contributed by atoms with Crippen molar-refractivity contribution in [1.29, 1.82) is 0 Å². The first-order valence-electron chi connectivity index (χ1n) is 8.03. The third-order valence-electron chi connectivity index (χ3n) is 4.75. The first-order chi connectivity index (χ1) is 11.0. The zero-order valence-corrected chi connectivity index (χ0v) is 13.9. The number of rotatable bonds is 4. The Morgan fingerprint density at radius 1 is 1.30 bits per heavy atom. The van der Waals surface area contributed by atoms with E-state index in [0.29, 0.717) is 18.9 Å². The minimum atomic E-state index is 0.0851. The van der Waals surface area contributed by atoms with Crippen LogP contribution in [-0.2, 0) is 11.3 Å². The van der Waals surface area contributed by atoms with Gasteiger partial charge in [0.15, 0.2) is 0 Å². The Bertz CT molecular complexity index is 679. The van der Waals surface area contributed by atoms with Gasteiger partial charge in [-0.05, 0) is 28.3 Å². The number of hydrogen-bond donors (Lipinski definition) is 0. The van der Waals surface area contributed by atoms with Crippen LogP contribution in [-0.4, -0.2) is 44.1 Å². The van der Waals surface area contributed by atoms with E-state index in [4.69, 9.17) is 0 Å². The lowest BCUT2D eigenvalue weighted by Gasteiger charge is -2.25. The summed E-state index contributed by atoms with van der Waals surface area (Å²) in [6, 6.07) is 10.5. The van der Waals surface area contributed by atoms with Crippen molar-refractivity contribution in [2.45, 2.75) is 39.7 Å². The van der Waals surface area contributed by atoms with Crippen molar-refractivity contribution in [3.05, 3.63) is 41.7 Å². The number of aromatic nitrogens is 4. The van der Waals surface area contributed by atoms with Crippen LogP contribution in [0.25, 0.3) is 0 Å². The van der Waals surface area contributed by atoms with Crippen LogP contribution in [0, 0.1) is 12.3 Å². The SMILES string of the molecule is Cc1nnnn1CCC(=O)N1C[C@@H](c2ccccc2)C(C)(C)C1. The van der Waals surface area contributed by atoms with Crippen molar-refractivity contribution >= 4 is 5.91 Å². The molecule has 1 aliphatic heterocycles. The van der Waals surface area contributed by atoms with Crippen LogP contribution >= 0.6 is 0 Å². The lowest BCUT2D eigenvalue weighted by molar-refractivity contribution is -0.130. The quantitative estimate of drug-likeness (QED) is 0.866. The standard InChI is InChI=1S/C17H23N5O/c1-13-18-19-20-22(13)10-9-16(23)21-11-15(17(2,3)12-21)14-7-5-4-6-8-14/h4-8,15H,9-12H2,1-3H3/t15-/m0/s1. The third-order valence-corrected chi connectivity index (χ3v) is 4.75. The highest BCUT2D eigenvalue weighted by molar-refractivity contribution is 5.76. The molecule has 3 rings (SSSR count). The highest BCUT2D eigenvalue weighted by Crippen LogP contribution is 2.42. The number of hydrogen-bond acceptors (Lipinski definition) is 4. The van der Waals surface area contributed by atoms with E-state index in [0.717, 1.165) is 18.9 Å². The minimum Gasteiger partial charge on any atom is -0.341 e. The van der Waals surface area contributed by atoms with Crippen LogP contribution < -0.4 is 0 Å². The predicted molar refractivity (Wildman–Crippen MR) is 86.7 cm³/mol. The fourth-order valence-corrected chi connectivity index (χ4v) is 3.38. The molecule has 23 heavy (non-hydrogen) atoms. The topological polar surface area (TPSA) is 63.9 Å². The van der Waals surface area contributed by atoms with Crippen molar-refractivity contribution in [2.24, 2.45) is 5.41 Å². The Balaban J connectivity index is 1.65. The summed E-state index contributed by atoms with van der Waals surface area (Å²) in [5.41, 5.74) is 1.39. The van der Waals surface area contributed by atoms with Crippen molar-refractivity contribution in [3.8, 4) is 0 Å². The van der Waals surface area contributed by atoms with Gasteiger partial charge in [0.05, 0.1) is 6.54 Å². The van der Waals surface area contributed by atoms with Gasteiger partial charge < -0.3 is 4.90 Å². The summed E-state index contributed by atoms with van der Waals surface area (Å²) in [7, 11) is 0. The molecule has 122 valence electrons. The van der Waals surface area contributed by atoms with E-state index in [1.54, 1.807) is 4.68 Å². The molecule has 1 atom stereocenters. The largest absolute Gasteiger partial charge is 0.341 e. The Kier molecular flexibility index (Phi) is 4.15. The van der Waals surface area contributed by atoms with Gasteiger partial charge in [0.1, 0.15) is 5.82 Å². The van der Waals surface area contributed by atoms with E-state index in [2.05, 4.69) is 53.6 Å². The fraction of sp³-hybridized carbons (Fsp3) is 0.529. The molecule has 0 radical (unpaired) electrons. The zero-order chi connectivity index (χ0) is 16.4. The van der Waals surface area contributed by atoms with Gasteiger partial charge in [-0.15, -0.1) is 5.10 Å². The molecule has 0 bridgehead atoms. The summed E-state index contributed by atoms with van der Waals surface area (Å²) in [5.74, 6) is 1.29. The van der Waals surface area contributed by atoms with E-state index < -0.39 is 0 Å². The molecular weight excluding hydrogens is 290 g/mol. The fourth-order valence-electron chi connectivity index (χ4n) is 3.38. The third kappa shape index (κ3) is 3.25. The van der Waals surface area contributed by atoms with E-state index in [-0.39, 0.29) is 11.3 Å². The Labute approximate surface area is 136 Å². The van der Waals surface area contributed by atoms with Crippen molar-refractivity contribution in [1.82, 2.24) is 25.1 Å². The van der Waals surface area contributed by atoms with Gasteiger partial charge >= 0.3 is 0 Å². The summed E-state index contributed by atoms with van der Waals surface area (Å²) in [6.07, 6.45) is 0.434. The highest BCUT2D eigenvalue weighted by Gasteiger charge is 2.41. The summed E-state index contributed by atoms with van der Waals surface area (Å²) >= 11 is 0. The van der Waals surface area contributed by atoms with Crippen LogP contribution in [0.3, 0.4) is 0 Å². The summed E-state index contributed by atoms with van der Waals surface area (Å²) in [6.45, 7) is 8.43. The molecular formula is C17H23N5O. The average molecular weight is 313 g/mol. The molecule has 1 fully saturated rings. The van der Waals surface area contributed by atoms with Gasteiger partial charge in [0, 0.05) is 25.4 Å². The summed E-state index contributed by atoms with van der Waals surface area (Å²) in [5, 5.41) is 11.3. The Morgan fingerprint density at radius 3 is 2.70 bits per heavy atom. The highest BCUT2D eigenvalue weighted by atomic mass is 16.2. The molecule has 1 aromatic heterocycles. The molecule has 1 saturated heterocycles. The summed E-state index contributed by atoms with van der Waals surface area (Å²) in [4.78, 5) is 14.5. The van der Waals surface area contributed by atoms with Crippen LogP contribution in [0.2, 0.25) is 0 Å². The number of likely N-dealkylation sites (tertiary alicyclic amines) is 1. The second kappa shape index (κ2) is 6.10. The van der Waals surface area contributed by atoms with Gasteiger partial charge in [0.25, 0.3) is 0 Å². The maximum absolute atomic E-state index is 12.6. The second-order valence-electron chi connectivity index (χ2n) is 6.93. The molecule has 0 unspecified atom stereocenters. The number of tetrazole rings is 1. The number of carbonyl (C=O) groups is 1. The van der Waals surface area contributed by atoms with E-state index in [1.165, 1.54) is 5.56 Å². The van der Waals surface area contributed by atoms with E-state index >= 15 is 0 Å². The van der Waals surface area contributed by atoms with Gasteiger partial charge in [-0.3, -0.25) is 4.79 Å². The molecule has 0 aliphatic carbocycles. The van der Waals surface area contributed by atoms with Gasteiger partial charge in [-0.25, -0.2) is 4.68 Å². The maximum atomic E-state index is 12.6. The minimum absolute atomic E-state index is 0.0851. The molecule has 0 saturated carbocycles. The van der Waals surface area contributed by atoms with Crippen molar-refractivity contribution in [3.63, 3.8) is 0 Å². The van der Waals surface area contributed by atoms with Crippen LogP contribution in [0.4, 0.5) is 0 Å². The molecule has 2 heterocycles. The molecule has 1 aromatic carbocycles. The van der Waals surface area contributed by atoms with Crippen LogP contribution in [0.5, 0.6) is 0 Å². The molecule has 1 amide bonds. The average Bonchev–Trinajstić information content (AvgIpc) is 3.08. The monoisotopic (exact) mass is 313 g/mol. The molecule has 2 aromatic rings. The molecule has 6 heteroatoms. The van der Waals surface area contributed by atoms with Crippen molar-refractivity contribution in [2.75, 3.05) is 13.1 Å². The molecule has 0 spiro atoms. The summed E-state index contributed by atoms with van der Waals surface area (Å²) < 4.78 is 1.67. The number of aryl methyl sites for hydroxylation is 2. The smallest absolute Gasteiger partial charge is 0.224 e. The van der Waals surface area contributed by atoms with Gasteiger partial charge in [-0.2, -0.15) is 0 Å². The Hall–Kier alpha value is -2.24. The van der Waals surface area contributed by atoms with Crippen molar-refractivity contribution < 1.29 is 4.79 Å². The number of amides is 1. The Morgan fingerprint density at radius 2 is 2.04 bits per heavy atom. The molecule has 1 aliphatic rings.